The van der Waals surface area contributed by atoms with Crippen LogP contribution in [0.3, 0.4) is 0 Å². The number of morpholine rings is 1. The number of hydrogen-bond donors (Lipinski definition) is 0. The van der Waals surface area contributed by atoms with Crippen molar-refractivity contribution in [1.82, 2.24) is 9.88 Å². The van der Waals surface area contributed by atoms with E-state index in [9.17, 15) is 4.79 Å². The molecular formula is C17H24N4O3. The first-order valence-corrected chi connectivity index (χ1v) is 7.87. The SMILES string of the molecule is CN(C)C(=O)COC[C@@H]1CN(c2ccc(C#N)nc2)CC(C)(C)O1. The van der Waals surface area contributed by atoms with Crippen LogP contribution in [-0.4, -0.2) is 67.9 Å². The molecule has 1 aliphatic heterocycles. The summed E-state index contributed by atoms with van der Waals surface area (Å²) in [6, 6.07) is 5.62. The van der Waals surface area contributed by atoms with Crippen LogP contribution in [-0.2, 0) is 14.3 Å². The first kappa shape index (κ1) is 18.2. The highest BCUT2D eigenvalue weighted by molar-refractivity contribution is 5.76. The molecule has 1 atom stereocenters. The average molecular weight is 332 g/mol. The van der Waals surface area contributed by atoms with Crippen LogP contribution in [0.5, 0.6) is 0 Å². The Balaban J connectivity index is 1.98. The van der Waals surface area contributed by atoms with Crippen molar-refractivity contribution in [3.05, 3.63) is 24.0 Å². The number of likely N-dealkylation sites (N-methyl/N-ethyl adjacent to an activating group) is 1. The van der Waals surface area contributed by atoms with E-state index in [0.29, 0.717) is 25.4 Å². The van der Waals surface area contributed by atoms with Crippen molar-refractivity contribution in [3.8, 4) is 6.07 Å². The first-order chi connectivity index (χ1) is 11.3. The average Bonchev–Trinajstić information content (AvgIpc) is 2.53. The summed E-state index contributed by atoms with van der Waals surface area (Å²) in [6.45, 7) is 5.80. The summed E-state index contributed by atoms with van der Waals surface area (Å²) in [5.74, 6) is -0.0711. The van der Waals surface area contributed by atoms with Crippen LogP contribution < -0.4 is 4.90 Å². The summed E-state index contributed by atoms with van der Waals surface area (Å²) in [4.78, 5) is 19.4. The Kier molecular flexibility index (Phi) is 5.75. The van der Waals surface area contributed by atoms with Gasteiger partial charge in [0, 0.05) is 27.2 Å². The van der Waals surface area contributed by atoms with E-state index in [1.165, 1.54) is 4.90 Å². The zero-order chi connectivity index (χ0) is 17.7. The van der Waals surface area contributed by atoms with E-state index in [1.54, 1.807) is 26.4 Å². The number of rotatable bonds is 5. The molecule has 0 saturated carbocycles. The van der Waals surface area contributed by atoms with Crippen molar-refractivity contribution >= 4 is 11.6 Å². The highest BCUT2D eigenvalue weighted by Crippen LogP contribution is 2.25. The fourth-order valence-electron chi connectivity index (χ4n) is 2.63. The molecule has 7 heteroatoms. The van der Waals surface area contributed by atoms with Gasteiger partial charge >= 0.3 is 0 Å². The predicted octanol–water partition coefficient (Wildman–Crippen LogP) is 1.04. The highest BCUT2D eigenvalue weighted by atomic mass is 16.5. The third kappa shape index (κ3) is 4.91. The maximum Gasteiger partial charge on any atom is 0.248 e. The number of amides is 1. The molecular weight excluding hydrogens is 308 g/mol. The van der Waals surface area contributed by atoms with Crippen molar-refractivity contribution in [2.45, 2.75) is 25.6 Å². The lowest BCUT2D eigenvalue weighted by Crippen LogP contribution is -2.54. The van der Waals surface area contributed by atoms with Crippen LogP contribution in [0, 0.1) is 11.3 Å². The number of ether oxygens (including phenoxy) is 2. The molecule has 2 rings (SSSR count). The van der Waals surface area contributed by atoms with Crippen LogP contribution in [0.2, 0.25) is 0 Å². The second-order valence-corrected chi connectivity index (χ2v) is 6.70. The summed E-state index contributed by atoms with van der Waals surface area (Å²) in [5.41, 5.74) is 0.999. The van der Waals surface area contributed by atoms with Gasteiger partial charge < -0.3 is 19.3 Å². The minimum atomic E-state index is -0.342. The van der Waals surface area contributed by atoms with E-state index in [0.717, 1.165) is 5.69 Å². The van der Waals surface area contributed by atoms with Crippen LogP contribution in [0.25, 0.3) is 0 Å². The van der Waals surface area contributed by atoms with Gasteiger partial charge in [0.2, 0.25) is 5.91 Å². The number of pyridine rings is 1. The largest absolute Gasteiger partial charge is 0.369 e. The van der Waals surface area contributed by atoms with Gasteiger partial charge in [-0.25, -0.2) is 4.98 Å². The molecule has 0 radical (unpaired) electrons. The maximum atomic E-state index is 11.6. The molecule has 1 aromatic heterocycles. The normalized spacial score (nSPS) is 19.6. The molecule has 2 heterocycles. The third-order valence-electron chi connectivity index (χ3n) is 3.74. The van der Waals surface area contributed by atoms with Crippen molar-refractivity contribution < 1.29 is 14.3 Å². The van der Waals surface area contributed by atoms with E-state index in [1.807, 2.05) is 26.0 Å². The van der Waals surface area contributed by atoms with Gasteiger partial charge in [-0.2, -0.15) is 5.26 Å². The lowest BCUT2D eigenvalue weighted by molar-refractivity contribution is -0.139. The molecule has 1 fully saturated rings. The smallest absolute Gasteiger partial charge is 0.248 e. The van der Waals surface area contributed by atoms with Gasteiger partial charge in [-0.15, -0.1) is 0 Å². The second-order valence-electron chi connectivity index (χ2n) is 6.70. The third-order valence-corrected chi connectivity index (χ3v) is 3.74. The summed E-state index contributed by atoms with van der Waals surface area (Å²) >= 11 is 0. The van der Waals surface area contributed by atoms with Crippen LogP contribution in [0.1, 0.15) is 19.5 Å². The summed E-state index contributed by atoms with van der Waals surface area (Å²) < 4.78 is 11.6. The van der Waals surface area contributed by atoms with Gasteiger partial charge in [0.25, 0.3) is 0 Å². The molecule has 1 saturated heterocycles. The molecule has 0 spiro atoms. The summed E-state index contributed by atoms with van der Waals surface area (Å²) in [6.07, 6.45) is 1.56. The van der Waals surface area contributed by atoms with Crippen LogP contribution in [0.15, 0.2) is 18.3 Å². The lowest BCUT2D eigenvalue weighted by Gasteiger charge is -2.43. The van der Waals surface area contributed by atoms with Gasteiger partial charge in [-0.3, -0.25) is 4.79 Å². The van der Waals surface area contributed by atoms with E-state index in [2.05, 4.69) is 9.88 Å². The molecule has 0 unspecified atom stereocenters. The van der Waals surface area contributed by atoms with E-state index in [4.69, 9.17) is 14.7 Å². The minimum absolute atomic E-state index is 0.0473. The van der Waals surface area contributed by atoms with Gasteiger partial charge in [0.05, 0.1) is 30.2 Å². The first-order valence-electron chi connectivity index (χ1n) is 7.87. The molecule has 1 aliphatic rings. The number of carbonyl (C=O) groups is 1. The Bertz CT molecular complexity index is 607. The quantitative estimate of drug-likeness (QED) is 0.802. The fraction of sp³-hybridized carbons (Fsp3) is 0.588. The summed E-state index contributed by atoms with van der Waals surface area (Å²) in [7, 11) is 3.40. The highest BCUT2D eigenvalue weighted by Gasteiger charge is 2.33. The number of carbonyl (C=O) groups excluding carboxylic acids is 1. The number of nitrogens with zero attached hydrogens (tertiary/aromatic N) is 4. The Morgan fingerprint density at radius 3 is 2.88 bits per heavy atom. The monoisotopic (exact) mass is 332 g/mol. The lowest BCUT2D eigenvalue weighted by atomic mass is 10.0. The minimum Gasteiger partial charge on any atom is -0.369 e. The Labute approximate surface area is 142 Å². The number of aromatic nitrogens is 1. The zero-order valence-corrected chi connectivity index (χ0v) is 14.7. The van der Waals surface area contributed by atoms with E-state index >= 15 is 0 Å². The number of hydrogen-bond acceptors (Lipinski definition) is 6. The molecule has 24 heavy (non-hydrogen) atoms. The molecule has 0 bridgehead atoms. The Morgan fingerprint density at radius 2 is 2.29 bits per heavy atom. The van der Waals surface area contributed by atoms with E-state index < -0.39 is 0 Å². The molecule has 7 nitrogen and oxygen atoms in total. The second kappa shape index (κ2) is 7.60. The van der Waals surface area contributed by atoms with Crippen LogP contribution >= 0.6 is 0 Å². The Morgan fingerprint density at radius 1 is 1.54 bits per heavy atom. The van der Waals surface area contributed by atoms with Crippen molar-refractivity contribution in [2.24, 2.45) is 0 Å². The summed E-state index contributed by atoms with van der Waals surface area (Å²) in [5, 5.41) is 8.85. The standard InChI is InChI=1S/C17H24N4O3/c1-17(2)12-21(14-6-5-13(7-18)19-8-14)9-15(24-17)10-23-11-16(22)20(3)4/h5-6,8,15H,9-12H2,1-4H3/t15-/m0/s1. The Hall–Kier alpha value is -2.17. The fourth-order valence-corrected chi connectivity index (χ4v) is 2.63. The predicted molar refractivity (Wildman–Crippen MR) is 89.6 cm³/mol. The molecule has 1 amide bonds. The van der Waals surface area contributed by atoms with Crippen molar-refractivity contribution in [1.29, 1.82) is 5.26 Å². The van der Waals surface area contributed by atoms with E-state index in [-0.39, 0.29) is 24.2 Å². The van der Waals surface area contributed by atoms with Gasteiger partial charge in [0.15, 0.2) is 0 Å². The van der Waals surface area contributed by atoms with Crippen LogP contribution in [0.4, 0.5) is 5.69 Å². The zero-order valence-electron chi connectivity index (χ0n) is 14.7. The molecule has 0 aromatic carbocycles. The van der Waals surface area contributed by atoms with Gasteiger partial charge in [-0.1, -0.05) is 0 Å². The molecule has 0 N–H and O–H groups in total. The molecule has 1 aromatic rings. The van der Waals surface area contributed by atoms with Crippen molar-refractivity contribution in [3.63, 3.8) is 0 Å². The number of nitriles is 1. The molecule has 0 aliphatic carbocycles. The maximum absolute atomic E-state index is 11.6. The molecule has 130 valence electrons. The number of anilines is 1. The van der Waals surface area contributed by atoms with Crippen molar-refractivity contribution in [2.75, 3.05) is 45.3 Å². The van der Waals surface area contributed by atoms with Gasteiger partial charge in [0.1, 0.15) is 18.4 Å². The van der Waals surface area contributed by atoms with Gasteiger partial charge in [-0.05, 0) is 26.0 Å². The topological polar surface area (TPSA) is 78.7 Å².